The fraction of sp³-hybridized carbons (Fsp3) is 0.474. The third-order valence-electron chi connectivity index (χ3n) is 4.09. The van der Waals surface area contributed by atoms with E-state index in [4.69, 9.17) is 21.7 Å². The molecule has 8 nitrogen and oxygen atoms in total. The van der Waals surface area contributed by atoms with Gasteiger partial charge in [0, 0.05) is 19.5 Å². The molecule has 1 heterocycles. The first-order chi connectivity index (χ1) is 13.5. The lowest BCUT2D eigenvalue weighted by molar-refractivity contribution is -0.132. The second kappa shape index (κ2) is 10.6. The van der Waals surface area contributed by atoms with E-state index in [1.165, 1.54) is 0 Å². The summed E-state index contributed by atoms with van der Waals surface area (Å²) in [5, 5.41) is 11.3. The number of H-pyrrole nitrogens is 1. The van der Waals surface area contributed by atoms with Crippen molar-refractivity contribution in [3.63, 3.8) is 0 Å². The molecular formula is C19H27N5O3S. The molecule has 0 aliphatic carbocycles. The van der Waals surface area contributed by atoms with Crippen molar-refractivity contribution in [2.45, 2.75) is 34.1 Å². The van der Waals surface area contributed by atoms with E-state index in [-0.39, 0.29) is 12.5 Å². The summed E-state index contributed by atoms with van der Waals surface area (Å²) in [7, 11) is 0. The van der Waals surface area contributed by atoms with Gasteiger partial charge < -0.3 is 14.4 Å². The molecule has 0 bridgehead atoms. The largest absolute Gasteiger partial charge is 0.490 e. The normalized spacial score (nSPS) is 11.0. The number of ether oxygens (including phenoxy) is 2. The molecule has 2 aromatic rings. The molecule has 1 aromatic heterocycles. The Hall–Kier alpha value is -2.68. The average molecular weight is 406 g/mol. The van der Waals surface area contributed by atoms with Crippen molar-refractivity contribution < 1.29 is 14.3 Å². The van der Waals surface area contributed by atoms with Gasteiger partial charge in [-0.25, -0.2) is 0 Å². The van der Waals surface area contributed by atoms with Crippen LogP contribution in [0.15, 0.2) is 23.3 Å². The first-order valence-electron chi connectivity index (χ1n) is 9.41. The van der Waals surface area contributed by atoms with Crippen LogP contribution in [0.4, 0.5) is 0 Å². The molecule has 0 atom stereocenters. The molecule has 0 spiro atoms. The Labute approximate surface area is 170 Å². The van der Waals surface area contributed by atoms with E-state index in [9.17, 15) is 4.79 Å². The van der Waals surface area contributed by atoms with Crippen LogP contribution in [0.1, 0.15) is 39.1 Å². The van der Waals surface area contributed by atoms with Crippen molar-refractivity contribution in [3.05, 3.63) is 34.4 Å². The third kappa shape index (κ3) is 5.41. The highest BCUT2D eigenvalue weighted by Gasteiger charge is 2.13. The summed E-state index contributed by atoms with van der Waals surface area (Å²) in [5.41, 5.74) is 0.816. The molecule has 0 saturated carbocycles. The predicted octanol–water partition coefficient (Wildman–Crippen LogP) is 3.03. The lowest BCUT2D eigenvalue weighted by Crippen LogP contribution is -2.34. The predicted molar refractivity (Wildman–Crippen MR) is 111 cm³/mol. The average Bonchev–Trinajstić information content (AvgIpc) is 3.06. The van der Waals surface area contributed by atoms with E-state index in [2.05, 4.69) is 15.3 Å². The molecule has 1 aromatic carbocycles. The van der Waals surface area contributed by atoms with Gasteiger partial charge in [-0.1, -0.05) is 6.92 Å². The number of hydrogen-bond acceptors (Lipinski definition) is 6. The van der Waals surface area contributed by atoms with Crippen LogP contribution in [0.25, 0.3) is 0 Å². The van der Waals surface area contributed by atoms with Crippen LogP contribution in [0.5, 0.6) is 11.5 Å². The van der Waals surface area contributed by atoms with Gasteiger partial charge in [-0.2, -0.15) is 14.9 Å². The minimum atomic E-state index is -0.0560. The Bertz CT molecular complexity index is 871. The molecule has 0 saturated heterocycles. The van der Waals surface area contributed by atoms with Gasteiger partial charge in [-0.15, -0.1) is 0 Å². The number of likely N-dealkylation sites (N-methyl/N-ethyl adjacent to an activating group) is 1. The van der Waals surface area contributed by atoms with Gasteiger partial charge in [-0.05, 0) is 56.8 Å². The number of nitrogens with zero attached hydrogens (tertiary/aromatic N) is 4. The first-order valence-corrected chi connectivity index (χ1v) is 9.82. The van der Waals surface area contributed by atoms with Gasteiger partial charge in [0.15, 0.2) is 23.9 Å². The summed E-state index contributed by atoms with van der Waals surface area (Å²) in [5.74, 6) is 1.78. The Morgan fingerprint density at radius 3 is 2.64 bits per heavy atom. The lowest BCUT2D eigenvalue weighted by atomic mass is 10.2. The second-order valence-corrected chi connectivity index (χ2v) is 6.24. The molecule has 0 fully saturated rings. The SMILES string of the molecule is CCOc1cc(/C=N\n2c(CC)n[nH]c2=S)ccc1OCC(=O)N(CC)CC. The number of carbonyl (C=O) groups excluding carboxylic acids is 1. The molecule has 0 aliphatic rings. The maximum Gasteiger partial charge on any atom is 0.260 e. The highest BCUT2D eigenvalue weighted by molar-refractivity contribution is 7.71. The number of carbonyl (C=O) groups is 1. The van der Waals surface area contributed by atoms with Gasteiger partial charge in [0.2, 0.25) is 4.77 Å². The number of aryl methyl sites for hydroxylation is 1. The summed E-state index contributed by atoms with van der Waals surface area (Å²) >= 11 is 5.19. The molecule has 1 amide bonds. The standard InChI is InChI=1S/C19H27N5O3S/c1-5-17-21-22-19(28)24(17)20-12-14-9-10-15(16(11-14)26-8-4)27-13-18(25)23(6-2)7-3/h9-12H,5-8,13H2,1-4H3,(H,22,28)/b20-12-. The van der Waals surface area contributed by atoms with Crippen molar-refractivity contribution in [1.29, 1.82) is 0 Å². The van der Waals surface area contributed by atoms with Gasteiger partial charge >= 0.3 is 0 Å². The minimum absolute atomic E-state index is 0.0285. The Kier molecular flexibility index (Phi) is 8.19. The van der Waals surface area contributed by atoms with Gasteiger partial charge in [-0.3, -0.25) is 9.89 Å². The molecule has 1 N–H and O–H groups in total. The molecule has 0 radical (unpaired) electrons. The Balaban J connectivity index is 2.17. The number of aromatic nitrogens is 3. The van der Waals surface area contributed by atoms with Crippen LogP contribution in [-0.4, -0.2) is 58.2 Å². The van der Waals surface area contributed by atoms with Crippen LogP contribution < -0.4 is 9.47 Å². The van der Waals surface area contributed by atoms with Crippen molar-refractivity contribution in [1.82, 2.24) is 19.8 Å². The van der Waals surface area contributed by atoms with Gasteiger partial charge in [0.1, 0.15) is 0 Å². The summed E-state index contributed by atoms with van der Waals surface area (Å²) < 4.78 is 13.4. The molecule has 0 unspecified atom stereocenters. The maximum atomic E-state index is 12.2. The number of rotatable bonds is 10. The lowest BCUT2D eigenvalue weighted by Gasteiger charge is -2.19. The van der Waals surface area contributed by atoms with Gasteiger partial charge in [0.25, 0.3) is 5.91 Å². The van der Waals surface area contributed by atoms with Gasteiger partial charge in [0.05, 0.1) is 12.8 Å². The van der Waals surface area contributed by atoms with Crippen LogP contribution in [-0.2, 0) is 11.2 Å². The molecular weight excluding hydrogens is 378 g/mol. The first kappa shape index (κ1) is 21.6. The van der Waals surface area contributed by atoms with Crippen LogP contribution >= 0.6 is 12.2 Å². The van der Waals surface area contributed by atoms with Crippen molar-refractivity contribution >= 4 is 24.3 Å². The zero-order valence-electron chi connectivity index (χ0n) is 16.8. The summed E-state index contributed by atoms with van der Waals surface area (Å²) in [6, 6.07) is 5.44. The number of benzene rings is 1. The molecule has 9 heteroatoms. The van der Waals surface area contributed by atoms with E-state index in [0.717, 1.165) is 11.4 Å². The number of aromatic amines is 1. The smallest absolute Gasteiger partial charge is 0.260 e. The minimum Gasteiger partial charge on any atom is -0.490 e. The summed E-state index contributed by atoms with van der Waals surface area (Å²) in [6.07, 6.45) is 2.39. The zero-order valence-corrected chi connectivity index (χ0v) is 17.6. The second-order valence-electron chi connectivity index (χ2n) is 5.85. The summed E-state index contributed by atoms with van der Waals surface area (Å²) in [4.78, 5) is 13.9. The monoisotopic (exact) mass is 405 g/mol. The Morgan fingerprint density at radius 1 is 1.25 bits per heavy atom. The van der Waals surface area contributed by atoms with E-state index < -0.39 is 0 Å². The molecule has 152 valence electrons. The fourth-order valence-electron chi connectivity index (χ4n) is 2.60. The number of amides is 1. The third-order valence-corrected chi connectivity index (χ3v) is 4.36. The molecule has 28 heavy (non-hydrogen) atoms. The highest BCUT2D eigenvalue weighted by atomic mass is 32.1. The van der Waals surface area contributed by atoms with Crippen molar-refractivity contribution in [2.75, 3.05) is 26.3 Å². The number of hydrogen-bond donors (Lipinski definition) is 1. The van der Waals surface area contributed by atoms with E-state index >= 15 is 0 Å². The quantitative estimate of drug-likeness (QED) is 0.485. The van der Waals surface area contributed by atoms with E-state index in [1.807, 2.05) is 39.8 Å². The zero-order chi connectivity index (χ0) is 20.5. The Morgan fingerprint density at radius 2 is 2.00 bits per heavy atom. The van der Waals surface area contributed by atoms with E-state index in [0.29, 0.717) is 42.4 Å². The maximum absolute atomic E-state index is 12.2. The highest BCUT2D eigenvalue weighted by Crippen LogP contribution is 2.28. The van der Waals surface area contributed by atoms with Crippen LogP contribution in [0.3, 0.4) is 0 Å². The molecule has 0 aliphatic heterocycles. The fourth-order valence-corrected chi connectivity index (χ4v) is 2.79. The van der Waals surface area contributed by atoms with Crippen LogP contribution in [0, 0.1) is 4.77 Å². The summed E-state index contributed by atoms with van der Waals surface area (Å²) in [6.45, 7) is 9.52. The number of nitrogens with one attached hydrogen (secondary N) is 1. The van der Waals surface area contributed by atoms with E-state index in [1.54, 1.807) is 21.9 Å². The van der Waals surface area contributed by atoms with Crippen molar-refractivity contribution in [2.24, 2.45) is 5.10 Å². The topological polar surface area (TPSA) is 84.7 Å². The van der Waals surface area contributed by atoms with Crippen molar-refractivity contribution in [3.8, 4) is 11.5 Å². The van der Waals surface area contributed by atoms with Crippen LogP contribution in [0.2, 0.25) is 0 Å². The molecule has 2 rings (SSSR count).